The summed E-state index contributed by atoms with van der Waals surface area (Å²) in [6.07, 6.45) is 3.02. The highest BCUT2D eigenvalue weighted by Crippen LogP contribution is 2.25. The van der Waals surface area contributed by atoms with Gasteiger partial charge in [0.15, 0.2) is 0 Å². The molecule has 1 aliphatic rings. The van der Waals surface area contributed by atoms with Gasteiger partial charge in [-0.3, -0.25) is 9.62 Å². The van der Waals surface area contributed by atoms with Gasteiger partial charge in [0, 0.05) is 38.4 Å². The highest BCUT2D eigenvalue weighted by Gasteiger charge is 2.27. The Kier molecular flexibility index (Phi) is 6.48. The lowest BCUT2D eigenvalue weighted by Crippen LogP contribution is -2.34. The van der Waals surface area contributed by atoms with Gasteiger partial charge < -0.3 is 4.90 Å². The number of rotatable bonds is 8. The van der Waals surface area contributed by atoms with E-state index in [1.165, 1.54) is 0 Å². The lowest BCUT2D eigenvalue weighted by Gasteiger charge is -2.27. The molecule has 4 rings (SSSR count). The Morgan fingerprint density at radius 3 is 2.69 bits per heavy atom. The summed E-state index contributed by atoms with van der Waals surface area (Å²) < 4.78 is 28.9. The fourth-order valence-electron chi connectivity index (χ4n) is 3.86. The third-order valence-electron chi connectivity index (χ3n) is 5.88. The third kappa shape index (κ3) is 5.11. The standard InChI is InChI=1S/C23H30N6O2S/c1-18(2)32(30,31)25-19-8-7-11-22(14-19)27(3)23-12-13-28(17-23)15-20-16-29(26-24-20)21-9-5-4-6-10-21/h4-11,14,16,18,23,25H,12-13,15,17H2,1-3H3. The summed E-state index contributed by atoms with van der Waals surface area (Å²) in [6.45, 7) is 5.99. The number of likely N-dealkylation sites (N-methyl/N-ethyl adjacent to an activating group) is 1. The number of anilines is 2. The topological polar surface area (TPSA) is 83.4 Å². The largest absolute Gasteiger partial charge is 0.370 e. The van der Waals surface area contributed by atoms with Crippen LogP contribution in [0.3, 0.4) is 0 Å². The molecule has 3 aromatic rings. The van der Waals surface area contributed by atoms with Crippen LogP contribution in [-0.4, -0.2) is 59.7 Å². The minimum Gasteiger partial charge on any atom is -0.370 e. The number of para-hydroxylation sites is 1. The van der Waals surface area contributed by atoms with E-state index >= 15 is 0 Å². The molecule has 1 aliphatic heterocycles. The second-order valence-corrected chi connectivity index (χ2v) is 10.8. The van der Waals surface area contributed by atoms with Crippen LogP contribution in [0, 0.1) is 0 Å². The van der Waals surface area contributed by atoms with Crippen molar-refractivity contribution < 1.29 is 8.42 Å². The summed E-state index contributed by atoms with van der Waals surface area (Å²) in [4.78, 5) is 4.61. The van der Waals surface area contributed by atoms with Crippen LogP contribution in [0.1, 0.15) is 26.0 Å². The van der Waals surface area contributed by atoms with Gasteiger partial charge in [-0.05, 0) is 50.6 Å². The highest BCUT2D eigenvalue weighted by molar-refractivity contribution is 7.93. The molecule has 9 heteroatoms. The Morgan fingerprint density at radius 1 is 1.16 bits per heavy atom. The molecule has 0 saturated carbocycles. The van der Waals surface area contributed by atoms with Gasteiger partial charge in [-0.15, -0.1) is 5.10 Å². The van der Waals surface area contributed by atoms with E-state index in [9.17, 15) is 8.42 Å². The van der Waals surface area contributed by atoms with Crippen molar-refractivity contribution >= 4 is 21.4 Å². The molecule has 1 unspecified atom stereocenters. The maximum atomic E-state index is 12.2. The minimum atomic E-state index is -3.37. The Labute approximate surface area is 189 Å². The van der Waals surface area contributed by atoms with E-state index in [1.807, 2.05) is 54.7 Å². The van der Waals surface area contributed by atoms with Gasteiger partial charge in [0.1, 0.15) is 0 Å². The lowest BCUT2D eigenvalue weighted by molar-refractivity contribution is 0.321. The van der Waals surface area contributed by atoms with E-state index in [-0.39, 0.29) is 0 Å². The molecule has 0 radical (unpaired) electrons. The van der Waals surface area contributed by atoms with Crippen LogP contribution in [0.4, 0.5) is 11.4 Å². The van der Waals surface area contributed by atoms with Crippen molar-refractivity contribution in [1.82, 2.24) is 19.9 Å². The van der Waals surface area contributed by atoms with E-state index in [4.69, 9.17) is 0 Å². The molecule has 0 bridgehead atoms. The highest BCUT2D eigenvalue weighted by atomic mass is 32.2. The number of aromatic nitrogens is 3. The van der Waals surface area contributed by atoms with Gasteiger partial charge in [-0.2, -0.15) is 0 Å². The van der Waals surface area contributed by atoms with Crippen molar-refractivity contribution in [1.29, 1.82) is 0 Å². The summed E-state index contributed by atoms with van der Waals surface area (Å²) in [5.41, 5.74) is 3.53. The summed E-state index contributed by atoms with van der Waals surface area (Å²) >= 11 is 0. The molecular formula is C23H30N6O2S. The van der Waals surface area contributed by atoms with Gasteiger partial charge in [0.2, 0.25) is 10.0 Å². The molecule has 1 saturated heterocycles. The van der Waals surface area contributed by atoms with Crippen LogP contribution in [0.25, 0.3) is 5.69 Å². The van der Waals surface area contributed by atoms with Crippen molar-refractivity contribution in [3.05, 3.63) is 66.5 Å². The van der Waals surface area contributed by atoms with Crippen molar-refractivity contribution in [2.75, 3.05) is 29.8 Å². The molecule has 1 N–H and O–H groups in total. The molecule has 8 nitrogen and oxygen atoms in total. The van der Waals surface area contributed by atoms with Gasteiger partial charge in [0.05, 0.1) is 28.5 Å². The first-order valence-electron chi connectivity index (χ1n) is 10.9. The van der Waals surface area contributed by atoms with E-state index < -0.39 is 15.3 Å². The van der Waals surface area contributed by atoms with Crippen LogP contribution < -0.4 is 9.62 Å². The van der Waals surface area contributed by atoms with E-state index in [1.54, 1.807) is 24.6 Å². The smallest absolute Gasteiger partial charge is 0.235 e. The Bertz CT molecular complexity index is 1150. The van der Waals surface area contributed by atoms with Crippen molar-refractivity contribution in [3.8, 4) is 5.69 Å². The molecule has 1 aromatic heterocycles. The van der Waals surface area contributed by atoms with Gasteiger partial charge in [-0.25, -0.2) is 13.1 Å². The summed E-state index contributed by atoms with van der Waals surface area (Å²) in [5.74, 6) is 0. The summed E-state index contributed by atoms with van der Waals surface area (Å²) in [6, 6.07) is 17.9. The summed E-state index contributed by atoms with van der Waals surface area (Å²) in [5, 5.41) is 8.11. The molecule has 0 spiro atoms. The van der Waals surface area contributed by atoms with Crippen LogP contribution >= 0.6 is 0 Å². The first-order chi connectivity index (χ1) is 15.3. The lowest BCUT2D eigenvalue weighted by atomic mass is 10.2. The average molecular weight is 455 g/mol. The Morgan fingerprint density at radius 2 is 1.94 bits per heavy atom. The maximum Gasteiger partial charge on any atom is 0.235 e. The molecule has 1 atom stereocenters. The fourth-order valence-corrected chi connectivity index (χ4v) is 4.55. The number of benzene rings is 2. The first-order valence-corrected chi connectivity index (χ1v) is 12.4. The molecule has 2 aromatic carbocycles. The number of nitrogens with zero attached hydrogens (tertiary/aromatic N) is 5. The van der Waals surface area contributed by atoms with Crippen LogP contribution in [0.5, 0.6) is 0 Å². The first kappa shape index (κ1) is 22.3. The zero-order chi connectivity index (χ0) is 22.7. The van der Waals surface area contributed by atoms with Gasteiger partial charge in [0.25, 0.3) is 0 Å². The zero-order valence-electron chi connectivity index (χ0n) is 18.7. The molecule has 170 valence electrons. The Balaban J connectivity index is 1.37. The predicted octanol–water partition coefficient (Wildman–Crippen LogP) is 3.13. The normalized spacial score (nSPS) is 17.1. The van der Waals surface area contributed by atoms with Crippen molar-refractivity contribution in [2.24, 2.45) is 0 Å². The third-order valence-corrected chi connectivity index (χ3v) is 7.64. The molecule has 0 amide bonds. The van der Waals surface area contributed by atoms with Gasteiger partial charge >= 0.3 is 0 Å². The van der Waals surface area contributed by atoms with Crippen LogP contribution in [-0.2, 0) is 16.6 Å². The summed E-state index contributed by atoms with van der Waals surface area (Å²) in [7, 11) is -1.30. The van der Waals surface area contributed by atoms with Crippen LogP contribution in [0.15, 0.2) is 60.8 Å². The van der Waals surface area contributed by atoms with E-state index in [0.717, 1.165) is 43.1 Å². The maximum absolute atomic E-state index is 12.2. The monoisotopic (exact) mass is 454 g/mol. The number of sulfonamides is 1. The average Bonchev–Trinajstić information content (AvgIpc) is 3.44. The van der Waals surface area contributed by atoms with Crippen LogP contribution in [0.2, 0.25) is 0 Å². The number of likely N-dealkylation sites (tertiary alicyclic amines) is 1. The molecule has 32 heavy (non-hydrogen) atoms. The quantitative estimate of drug-likeness (QED) is 0.563. The minimum absolute atomic E-state index is 0.344. The molecule has 2 heterocycles. The SMILES string of the molecule is CC(C)S(=O)(=O)Nc1cccc(N(C)C2CCN(Cc3cn(-c4ccccc4)nn3)C2)c1. The van der Waals surface area contributed by atoms with E-state index in [0.29, 0.717) is 11.7 Å². The van der Waals surface area contributed by atoms with E-state index in [2.05, 4.69) is 31.9 Å². The Hall–Kier alpha value is -2.91. The fraction of sp³-hybridized carbons (Fsp3) is 0.391. The second-order valence-electron chi connectivity index (χ2n) is 8.52. The number of nitrogens with one attached hydrogen (secondary N) is 1. The predicted molar refractivity (Wildman–Crippen MR) is 128 cm³/mol. The second kappa shape index (κ2) is 9.30. The zero-order valence-corrected chi connectivity index (χ0v) is 19.5. The molecule has 1 fully saturated rings. The number of hydrogen-bond acceptors (Lipinski definition) is 6. The molecular weight excluding hydrogens is 424 g/mol. The number of hydrogen-bond donors (Lipinski definition) is 1. The molecule has 0 aliphatic carbocycles. The van der Waals surface area contributed by atoms with Gasteiger partial charge in [-0.1, -0.05) is 29.5 Å². The van der Waals surface area contributed by atoms with Crippen molar-refractivity contribution in [3.63, 3.8) is 0 Å². The van der Waals surface area contributed by atoms with Crippen molar-refractivity contribution in [2.45, 2.75) is 38.1 Å².